The van der Waals surface area contributed by atoms with Gasteiger partial charge in [-0.15, -0.1) is 0 Å². The Hall–Kier alpha value is -2.57. The molecule has 6 heteroatoms. The fraction of sp³-hybridized carbons (Fsp3) is 0.385. The Kier molecular flexibility index (Phi) is 6.60. The van der Waals surface area contributed by atoms with E-state index in [2.05, 4.69) is 41.0 Å². The van der Waals surface area contributed by atoms with E-state index in [1.807, 2.05) is 29.3 Å². The molecule has 0 spiro atoms. The maximum atomic E-state index is 12.6. The summed E-state index contributed by atoms with van der Waals surface area (Å²) in [5.74, 6) is 0.968. The highest BCUT2D eigenvalue weighted by Gasteiger charge is 2.21. The first-order chi connectivity index (χ1) is 15.8. The molecule has 32 heavy (non-hydrogen) atoms. The van der Waals surface area contributed by atoms with Crippen LogP contribution in [0, 0.1) is 0 Å². The van der Waals surface area contributed by atoms with Gasteiger partial charge in [-0.3, -0.25) is 4.79 Å². The first-order valence-corrected chi connectivity index (χ1v) is 12.5. The molecule has 1 unspecified atom stereocenters. The third-order valence-corrected chi connectivity index (χ3v) is 7.32. The van der Waals surface area contributed by atoms with E-state index in [1.54, 1.807) is 11.8 Å². The lowest BCUT2D eigenvalue weighted by Gasteiger charge is -2.16. The molecule has 1 aromatic heterocycles. The molecule has 5 nitrogen and oxygen atoms in total. The summed E-state index contributed by atoms with van der Waals surface area (Å²) >= 11 is 1.74. The number of aromatic nitrogens is 2. The van der Waals surface area contributed by atoms with Gasteiger partial charge in [-0.1, -0.05) is 54.2 Å². The highest BCUT2D eigenvalue weighted by atomic mass is 32.2. The summed E-state index contributed by atoms with van der Waals surface area (Å²) in [4.78, 5) is 19.3. The molecule has 5 rings (SSSR count). The van der Waals surface area contributed by atoms with Gasteiger partial charge in [0.1, 0.15) is 0 Å². The highest BCUT2D eigenvalue weighted by Crippen LogP contribution is 2.30. The molecule has 1 amide bonds. The molecule has 2 fully saturated rings. The number of thioether (sulfide) groups is 1. The van der Waals surface area contributed by atoms with Crippen LogP contribution in [-0.2, 0) is 17.0 Å². The average Bonchev–Trinajstić information content (AvgIpc) is 3.61. The number of imidazole rings is 1. The number of ether oxygens (including phenoxy) is 1. The zero-order chi connectivity index (χ0) is 21.8. The van der Waals surface area contributed by atoms with E-state index >= 15 is 0 Å². The molecule has 0 bridgehead atoms. The minimum absolute atomic E-state index is 0.154. The predicted octanol–water partition coefficient (Wildman–Crippen LogP) is 5.26. The molecule has 2 saturated heterocycles. The molecule has 2 aliphatic rings. The van der Waals surface area contributed by atoms with Crippen molar-refractivity contribution >= 4 is 17.7 Å². The first-order valence-electron chi connectivity index (χ1n) is 11.5. The molecule has 2 aromatic carbocycles. The second-order valence-corrected chi connectivity index (χ2v) is 9.47. The van der Waals surface area contributed by atoms with E-state index < -0.39 is 0 Å². The van der Waals surface area contributed by atoms with Crippen LogP contribution in [-0.4, -0.2) is 46.2 Å². The van der Waals surface area contributed by atoms with Crippen LogP contribution < -0.4 is 0 Å². The quantitative estimate of drug-likeness (QED) is 0.464. The molecular weight excluding hydrogens is 418 g/mol. The van der Waals surface area contributed by atoms with E-state index in [-0.39, 0.29) is 12.0 Å². The van der Waals surface area contributed by atoms with E-state index in [4.69, 9.17) is 9.72 Å². The van der Waals surface area contributed by atoms with Gasteiger partial charge >= 0.3 is 0 Å². The Morgan fingerprint density at radius 3 is 2.53 bits per heavy atom. The monoisotopic (exact) mass is 447 g/mol. The molecule has 3 aromatic rings. The Bertz CT molecular complexity index is 1040. The Balaban J connectivity index is 1.30. The third kappa shape index (κ3) is 4.76. The molecular formula is C26H29N3O2S. The predicted molar refractivity (Wildman–Crippen MR) is 128 cm³/mol. The van der Waals surface area contributed by atoms with Crippen molar-refractivity contribution in [3.8, 4) is 11.3 Å². The zero-order valence-corrected chi connectivity index (χ0v) is 19.1. The average molecular weight is 448 g/mol. The topological polar surface area (TPSA) is 47.4 Å². The van der Waals surface area contributed by atoms with E-state index in [0.29, 0.717) is 0 Å². The second kappa shape index (κ2) is 9.92. The van der Waals surface area contributed by atoms with Crippen molar-refractivity contribution < 1.29 is 9.53 Å². The maximum Gasteiger partial charge on any atom is 0.253 e. The van der Waals surface area contributed by atoms with Crippen molar-refractivity contribution in [2.45, 2.75) is 49.2 Å². The standard InChI is InChI=1S/C26H29N3O2S/c30-25(28-14-4-5-15-28)22-12-10-20(11-13-22)19-32-26-27-17-24(21-7-2-1-3-8-21)29(26)18-23-9-6-16-31-23/h1-3,7-8,10-13,17,23H,4-6,9,14-16,18-19H2. The van der Waals surface area contributed by atoms with Crippen LogP contribution >= 0.6 is 11.8 Å². The summed E-state index contributed by atoms with van der Waals surface area (Å²) in [7, 11) is 0. The van der Waals surface area contributed by atoms with Crippen LogP contribution in [0.2, 0.25) is 0 Å². The van der Waals surface area contributed by atoms with Gasteiger partial charge in [0.2, 0.25) is 0 Å². The lowest BCUT2D eigenvalue weighted by molar-refractivity contribution is 0.0793. The summed E-state index contributed by atoms with van der Waals surface area (Å²) in [6, 6.07) is 18.5. The molecule has 2 aliphatic heterocycles. The number of amides is 1. The Morgan fingerprint density at radius 2 is 1.81 bits per heavy atom. The molecule has 0 radical (unpaired) electrons. The van der Waals surface area contributed by atoms with Gasteiger partial charge in [0.05, 0.1) is 24.5 Å². The van der Waals surface area contributed by atoms with Gasteiger partial charge in [0, 0.05) is 31.0 Å². The summed E-state index contributed by atoms with van der Waals surface area (Å²) in [6.45, 7) is 3.45. The Morgan fingerprint density at radius 1 is 1.03 bits per heavy atom. The van der Waals surface area contributed by atoms with E-state index in [9.17, 15) is 4.79 Å². The van der Waals surface area contributed by atoms with Gasteiger partial charge in [-0.2, -0.15) is 0 Å². The number of nitrogens with zero attached hydrogens (tertiary/aromatic N) is 3. The number of carbonyl (C=O) groups is 1. The molecule has 1 atom stereocenters. The van der Waals surface area contributed by atoms with Gasteiger partial charge in [0.25, 0.3) is 5.91 Å². The third-order valence-electron chi connectivity index (χ3n) is 6.26. The summed E-state index contributed by atoms with van der Waals surface area (Å²) in [5, 5.41) is 1.01. The minimum Gasteiger partial charge on any atom is -0.376 e. The second-order valence-electron chi connectivity index (χ2n) is 8.52. The highest BCUT2D eigenvalue weighted by molar-refractivity contribution is 7.98. The van der Waals surface area contributed by atoms with Crippen molar-refractivity contribution in [2.75, 3.05) is 19.7 Å². The largest absolute Gasteiger partial charge is 0.376 e. The van der Waals surface area contributed by atoms with Crippen LogP contribution in [0.5, 0.6) is 0 Å². The van der Waals surface area contributed by atoms with Crippen LogP contribution in [0.3, 0.4) is 0 Å². The minimum atomic E-state index is 0.154. The summed E-state index contributed by atoms with van der Waals surface area (Å²) in [6.07, 6.45) is 6.69. The van der Waals surface area contributed by atoms with Crippen LogP contribution in [0.4, 0.5) is 0 Å². The zero-order valence-electron chi connectivity index (χ0n) is 18.3. The normalized spacial score (nSPS) is 18.4. The maximum absolute atomic E-state index is 12.6. The lowest BCUT2D eigenvalue weighted by atomic mass is 10.1. The fourth-order valence-electron chi connectivity index (χ4n) is 4.48. The van der Waals surface area contributed by atoms with Gasteiger partial charge < -0.3 is 14.2 Å². The molecule has 0 N–H and O–H groups in total. The first kappa shape index (κ1) is 21.3. The van der Waals surface area contributed by atoms with Crippen molar-refractivity contribution in [3.63, 3.8) is 0 Å². The van der Waals surface area contributed by atoms with Gasteiger partial charge in [-0.05, 0) is 48.9 Å². The molecule has 0 aliphatic carbocycles. The number of rotatable bonds is 7. The van der Waals surface area contributed by atoms with Crippen LogP contribution in [0.1, 0.15) is 41.6 Å². The van der Waals surface area contributed by atoms with Crippen molar-refractivity contribution in [2.24, 2.45) is 0 Å². The van der Waals surface area contributed by atoms with Crippen LogP contribution in [0.15, 0.2) is 66.0 Å². The van der Waals surface area contributed by atoms with Crippen LogP contribution in [0.25, 0.3) is 11.3 Å². The van der Waals surface area contributed by atoms with Crippen molar-refractivity contribution in [1.82, 2.24) is 14.5 Å². The Labute approximate surface area is 193 Å². The van der Waals surface area contributed by atoms with Gasteiger partial charge in [-0.25, -0.2) is 4.98 Å². The smallest absolute Gasteiger partial charge is 0.253 e. The van der Waals surface area contributed by atoms with Crippen molar-refractivity contribution in [1.29, 1.82) is 0 Å². The van der Waals surface area contributed by atoms with Crippen molar-refractivity contribution in [3.05, 3.63) is 71.9 Å². The SMILES string of the molecule is O=C(c1ccc(CSc2ncc(-c3ccccc3)n2CC2CCCO2)cc1)N1CCCC1. The number of likely N-dealkylation sites (tertiary alicyclic amines) is 1. The van der Waals surface area contributed by atoms with E-state index in [0.717, 1.165) is 74.1 Å². The molecule has 3 heterocycles. The van der Waals surface area contributed by atoms with E-state index in [1.165, 1.54) is 11.1 Å². The van der Waals surface area contributed by atoms with Gasteiger partial charge in [0.15, 0.2) is 5.16 Å². The summed E-state index contributed by atoms with van der Waals surface area (Å²) in [5.41, 5.74) is 4.29. The number of hydrogen-bond donors (Lipinski definition) is 0. The number of hydrogen-bond acceptors (Lipinski definition) is 4. The number of benzene rings is 2. The number of carbonyl (C=O) groups excluding carboxylic acids is 1. The lowest BCUT2D eigenvalue weighted by Crippen LogP contribution is -2.27. The summed E-state index contributed by atoms with van der Waals surface area (Å²) < 4.78 is 8.23. The fourth-order valence-corrected chi connectivity index (χ4v) is 5.42. The molecule has 166 valence electrons. The molecule has 0 saturated carbocycles.